The molecule has 0 atom stereocenters. The van der Waals surface area contributed by atoms with Gasteiger partial charge in [0.25, 0.3) is 0 Å². The van der Waals surface area contributed by atoms with Gasteiger partial charge in [0.15, 0.2) is 0 Å². The SMILES string of the molecule is FC(F)(F)C(F)(F)C(F)(F)C(F)(F)C(F)(F)C(F)(F)CCCCCCCCCCCn1cc[n+](Cc2c(Cl)cccc2Cl)c1. The van der Waals surface area contributed by atoms with Crippen LogP contribution in [0.3, 0.4) is 0 Å². The Balaban J connectivity index is 1.67. The summed E-state index contributed by atoms with van der Waals surface area (Å²) in [6.07, 6.45) is -0.349. The van der Waals surface area contributed by atoms with E-state index in [1.807, 2.05) is 27.9 Å². The molecule has 0 aliphatic heterocycles. The van der Waals surface area contributed by atoms with Crippen LogP contribution >= 0.6 is 23.2 Å². The quantitative estimate of drug-likeness (QED) is 0.0832. The first kappa shape index (κ1) is 38.3. The maximum atomic E-state index is 13.8. The highest BCUT2D eigenvalue weighted by molar-refractivity contribution is 6.35. The summed E-state index contributed by atoms with van der Waals surface area (Å²) in [6.45, 7) is 1.23. The molecular weight excluding hydrogens is 670 g/mol. The Bertz CT molecular complexity index is 1180. The van der Waals surface area contributed by atoms with Crippen LogP contribution in [0.15, 0.2) is 36.9 Å². The Labute approximate surface area is 255 Å². The number of alkyl halides is 13. The van der Waals surface area contributed by atoms with Gasteiger partial charge in [0.05, 0.1) is 6.54 Å². The zero-order valence-electron chi connectivity index (χ0n) is 23.0. The van der Waals surface area contributed by atoms with Gasteiger partial charge in [-0.15, -0.1) is 0 Å². The minimum Gasteiger partial charge on any atom is -0.237 e. The fourth-order valence-electron chi connectivity index (χ4n) is 4.37. The van der Waals surface area contributed by atoms with Gasteiger partial charge in [0.2, 0.25) is 6.33 Å². The first-order valence-corrected chi connectivity index (χ1v) is 14.3. The third-order valence-electron chi connectivity index (χ3n) is 7.05. The maximum Gasteiger partial charge on any atom is 0.460 e. The van der Waals surface area contributed by atoms with Crippen molar-refractivity contribution in [3.05, 3.63) is 52.5 Å². The summed E-state index contributed by atoms with van der Waals surface area (Å²) >= 11 is 12.4. The Hall–Kier alpha value is -1.90. The highest BCUT2D eigenvalue weighted by atomic mass is 35.5. The number of hydrogen-bond donors (Lipinski definition) is 0. The molecule has 2 aromatic rings. The number of aryl methyl sites for hydroxylation is 1. The summed E-state index contributed by atoms with van der Waals surface area (Å²) in [5.74, 6) is -36.4. The van der Waals surface area contributed by atoms with Crippen molar-refractivity contribution in [2.24, 2.45) is 0 Å². The van der Waals surface area contributed by atoms with Crippen molar-refractivity contribution in [3.63, 3.8) is 0 Å². The van der Waals surface area contributed by atoms with Crippen LogP contribution in [-0.4, -0.2) is 40.4 Å². The standard InChI is InChI=1S/C27H30Cl2F13N2/c28-20-11-10-12-21(29)19(20)17-44-16-15-43(18-44)14-9-7-5-3-1-2-4-6-8-13-22(30,31)23(32,33)24(34,35)25(36,37)26(38,39)27(40,41)42/h10-12,15-16,18H,1-9,13-14,17H2/q+1. The van der Waals surface area contributed by atoms with E-state index in [4.69, 9.17) is 23.2 Å². The molecule has 2 rings (SSSR count). The van der Waals surface area contributed by atoms with Gasteiger partial charge in [-0.2, -0.15) is 57.1 Å². The topological polar surface area (TPSA) is 8.81 Å². The molecule has 252 valence electrons. The van der Waals surface area contributed by atoms with Gasteiger partial charge in [0, 0.05) is 22.0 Å². The van der Waals surface area contributed by atoms with E-state index < -0.39 is 48.6 Å². The zero-order valence-corrected chi connectivity index (χ0v) is 24.5. The summed E-state index contributed by atoms with van der Waals surface area (Å²) in [7, 11) is 0. The lowest BCUT2D eigenvalue weighted by atomic mass is 9.91. The lowest BCUT2D eigenvalue weighted by molar-refractivity contribution is -0.687. The van der Waals surface area contributed by atoms with Crippen molar-refractivity contribution < 1.29 is 61.6 Å². The number of imidazole rings is 1. The molecule has 0 aliphatic rings. The largest absolute Gasteiger partial charge is 0.460 e. The van der Waals surface area contributed by atoms with Crippen molar-refractivity contribution in [1.29, 1.82) is 0 Å². The Kier molecular flexibility index (Phi) is 12.8. The highest BCUT2D eigenvalue weighted by Crippen LogP contribution is 2.60. The Morgan fingerprint density at radius 3 is 1.55 bits per heavy atom. The lowest BCUT2D eigenvalue weighted by Crippen LogP contribution is -2.70. The summed E-state index contributed by atoms with van der Waals surface area (Å²) in [5.41, 5.74) is 0.795. The summed E-state index contributed by atoms with van der Waals surface area (Å²) in [5, 5.41) is 1.12. The molecule has 1 aromatic carbocycles. The molecule has 17 heteroatoms. The number of benzene rings is 1. The number of rotatable bonds is 18. The van der Waals surface area contributed by atoms with E-state index in [1.54, 1.807) is 18.2 Å². The zero-order chi connectivity index (χ0) is 33.6. The van der Waals surface area contributed by atoms with E-state index >= 15 is 0 Å². The molecule has 0 bridgehead atoms. The van der Waals surface area contributed by atoms with E-state index in [-0.39, 0.29) is 12.8 Å². The molecule has 1 heterocycles. The summed E-state index contributed by atoms with van der Waals surface area (Å²) in [6, 6.07) is 5.25. The molecule has 0 N–H and O–H groups in total. The molecule has 44 heavy (non-hydrogen) atoms. The molecule has 1 aromatic heterocycles. The van der Waals surface area contributed by atoms with Crippen LogP contribution in [0.25, 0.3) is 0 Å². The van der Waals surface area contributed by atoms with E-state index in [0.29, 0.717) is 29.4 Å². The van der Waals surface area contributed by atoms with Crippen molar-refractivity contribution >= 4 is 23.2 Å². The number of hydrogen-bond acceptors (Lipinski definition) is 0. The lowest BCUT2D eigenvalue weighted by Gasteiger charge is -2.39. The van der Waals surface area contributed by atoms with Gasteiger partial charge in [-0.05, 0) is 31.4 Å². The Morgan fingerprint density at radius 1 is 0.591 bits per heavy atom. The van der Waals surface area contributed by atoms with Gasteiger partial charge >= 0.3 is 35.8 Å². The molecule has 0 amide bonds. The molecule has 0 spiro atoms. The number of halogens is 15. The molecular formula is C27H30Cl2F13N2+. The first-order valence-electron chi connectivity index (χ1n) is 13.5. The molecule has 2 nitrogen and oxygen atoms in total. The average molecular weight is 700 g/mol. The van der Waals surface area contributed by atoms with Crippen molar-refractivity contribution in [1.82, 2.24) is 4.57 Å². The summed E-state index contributed by atoms with van der Waals surface area (Å²) < 4.78 is 175. The van der Waals surface area contributed by atoms with Gasteiger partial charge < -0.3 is 0 Å². The first-order chi connectivity index (χ1) is 20.1. The molecule has 0 unspecified atom stereocenters. The van der Waals surface area contributed by atoms with Crippen LogP contribution in [0.5, 0.6) is 0 Å². The second kappa shape index (κ2) is 14.7. The fraction of sp³-hybridized carbons (Fsp3) is 0.667. The van der Waals surface area contributed by atoms with Gasteiger partial charge in [-0.25, -0.2) is 9.13 Å². The van der Waals surface area contributed by atoms with E-state index in [2.05, 4.69) is 0 Å². The minimum atomic E-state index is -7.85. The molecule has 0 radical (unpaired) electrons. The van der Waals surface area contributed by atoms with Crippen LogP contribution in [0.2, 0.25) is 10.0 Å². The van der Waals surface area contributed by atoms with E-state index in [0.717, 1.165) is 37.8 Å². The van der Waals surface area contributed by atoms with Crippen LogP contribution in [-0.2, 0) is 13.1 Å². The summed E-state index contributed by atoms with van der Waals surface area (Å²) in [4.78, 5) is 0. The third-order valence-corrected chi connectivity index (χ3v) is 7.76. The predicted octanol–water partition coefficient (Wildman–Crippen LogP) is 10.8. The predicted molar refractivity (Wildman–Crippen MR) is 137 cm³/mol. The van der Waals surface area contributed by atoms with E-state index in [9.17, 15) is 57.1 Å². The van der Waals surface area contributed by atoms with Gasteiger partial charge in [-0.3, -0.25) is 0 Å². The highest BCUT2D eigenvalue weighted by Gasteiger charge is 2.90. The van der Waals surface area contributed by atoms with Gasteiger partial charge in [-0.1, -0.05) is 67.8 Å². The van der Waals surface area contributed by atoms with Crippen LogP contribution in [0.4, 0.5) is 57.1 Å². The van der Waals surface area contributed by atoms with Crippen molar-refractivity contribution in [2.75, 3.05) is 0 Å². The monoisotopic (exact) mass is 699 g/mol. The smallest absolute Gasteiger partial charge is 0.237 e. The van der Waals surface area contributed by atoms with Crippen LogP contribution in [0, 0.1) is 0 Å². The van der Waals surface area contributed by atoms with E-state index in [1.165, 1.54) is 0 Å². The number of nitrogens with zero attached hydrogens (tertiary/aromatic N) is 2. The minimum absolute atomic E-state index is 0.194. The van der Waals surface area contributed by atoms with Crippen LogP contribution < -0.4 is 4.57 Å². The fourth-order valence-corrected chi connectivity index (χ4v) is 4.89. The van der Waals surface area contributed by atoms with Crippen molar-refractivity contribution in [3.8, 4) is 0 Å². The molecule has 0 aliphatic carbocycles. The Morgan fingerprint density at radius 2 is 1.05 bits per heavy atom. The second-order valence-corrected chi connectivity index (χ2v) is 11.3. The van der Waals surface area contributed by atoms with Gasteiger partial charge in [0.1, 0.15) is 18.9 Å². The van der Waals surface area contributed by atoms with Crippen molar-refractivity contribution in [2.45, 2.75) is 113 Å². The normalized spacial score (nSPS) is 14.0. The average Bonchev–Trinajstić information content (AvgIpc) is 3.35. The number of unbranched alkanes of at least 4 members (excludes halogenated alkanes) is 8. The third kappa shape index (κ3) is 8.47. The molecule has 0 fully saturated rings. The maximum absolute atomic E-state index is 13.8. The van der Waals surface area contributed by atoms with Crippen LogP contribution in [0.1, 0.15) is 69.8 Å². The number of aromatic nitrogens is 2. The molecule has 0 saturated heterocycles. The second-order valence-electron chi connectivity index (χ2n) is 10.5. The molecule has 0 saturated carbocycles.